The number of thiazole rings is 1. The molecule has 2 heterocycles. The molecule has 0 atom stereocenters. The van der Waals surface area contributed by atoms with E-state index in [4.69, 9.17) is 21.1 Å². The van der Waals surface area contributed by atoms with Crippen molar-refractivity contribution in [2.45, 2.75) is 6.54 Å². The number of hydrogen-bond donors (Lipinski definition) is 0. The monoisotopic (exact) mass is 413 g/mol. The number of ether oxygens (including phenoxy) is 2. The summed E-state index contributed by atoms with van der Waals surface area (Å²) in [6, 6.07) is 10.7. The third-order valence-corrected chi connectivity index (χ3v) is 5.46. The topological polar surface area (TPSA) is 66.2 Å². The van der Waals surface area contributed by atoms with Crippen LogP contribution in [0.1, 0.15) is 5.69 Å². The Bertz CT molecular complexity index is 1220. The Balaban J connectivity index is 1.68. The van der Waals surface area contributed by atoms with E-state index in [0.29, 0.717) is 34.0 Å². The van der Waals surface area contributed by atoms with Crippen LogP contribution in [0.15, 0.2) is 52.9 Å². The summed E-state index contributed by atoms with van der Waals surface area (Å²) in [6.45, 7) is 0.327. The highest BCUT2D eigenvalue weighted by Crippen LogP contribution is 2.39. The van der Waals surface area contributed by atoms with E-state index in [1.165, 1.54) is 22.2 Å². The summed E-state index contributed by atoms with van der Waals surface area (Å²) in [6.07, 6.45) is 1.52. The minimum Gasteiger partial charge on any atom is -0.493 e. The molecule has 0 bridgehead atoms. The first-order valence-corrected chi connectivity index (χ1v) is 9.67. The lowest BCUT2D eigenvalue weighted by Gasteiger charge is -2.10. The maximum Gasteiger partial charge on any atom is 0.261 e. The highest BCUT2D eigenvalue weighted by Gasteiger charge is 2.15. The highest BCUT2D eigenvalue weighted by molar-refractivity contribution is 7.13. The molecular formula is C20H16ClN3O3S. The molecule has 28 heavy (non-hydrogen) atoms. The first-order valence-electron chi connectivity index (χ1n) is 8.41. The second-order valence-electron chi connectivity index (χ2n) is 6.02. The van der Waals surface area contributed by atoms with Gasteiger partial charge in [-0.25, -0.2) is 9.97 Å². The molecular weight excluding hydrogens is 398 g/mol. The van der Waals surface area contributed by atoms with Crippen molar-refractivity contribution in [1.29, 1.82) is 0 Å². The lowest BCUT2D eigenvalue weighted by atomic mass is 10.2. The van der Waals surface area contributed by atoms with Crippen LogP contribution in [0.4, 0.5) is 0 Å². The molecule has 0 amide bonds. The second-order valence-corrected chi connectivity index (χ2v) is 7.32. The van der Waals surface area contributed by atoms with Crippen LogP contribution in [-0.4, -0.2) is 28.8 Å². The van der Waals surface area contributed by atoms with Crippen LogP contribution in [0.5, 0.6) is 11.5 Å². The van der Waals surface area contributed by atoms with E-state index in [1.807, 2.05) is 23.6 Å². The number of nitrogens with zero attached hydrogens (tertiary/aromatic N) is 3. The number of hydrogen-bond acceptors (Lipinski definition) is 6. The molecule has 4 aromatic rings. The predicted octanol–water partition coefficient (Wildman–Crippen LogP) is 4.24. The molecule has 2 aromatic heterocycles. The van der Waals surface area contributed by atoms with Crippen LogP contribution < -0.4 is 15.0 Å². The number of aromatic nitrogens is 3. The zero-order valence-electron chi connectivity index (χ0n) is 15.2. The van der Waals surface area contributed by atoms with Crippen molar-refractivity contribution in [3.05, 3.63) is 69.2 Å². The van der Waals surface area contributed by atoms with Gasteiger partial charge in [0.15, 0.2) is 11.5 Å². The fraction of sp³-hybridized carbons (Fsp3) is 0.150. The van der Waals surface area contributed by atoms with Gasteiger partial charge in [0.1, 0.15) is 5.01 Å². The molecule has 0 fully saturated rings. The maximum absolute atomic E-state index is 12.7. The van der Waals surface area contributed by atoms with Crippen molar-refractivity contribution >= 4 is 33.8 Å². The smallest absolute Gasteiger partial charge is 0.261 e. The van der Waals surface area contributed by atoms with Gasteiger partial charge in [-0.15, -0.1) is 11.3 Å². The molecule has 0 unspecified atom stereocenters. The average Bonchev–Trinajstić information content (AvgIpc) is 3.17. The van der Waals surface area contributed by atoms with Crippen molar-refractivity contribution in [3.63, 3.8) is 0 Å². The minimum atomic E-state index is -0.129. The number of halogens is 1. The molecule has 142 valence electrons. The second kappa shape index (κ2) is 7.61. The standard InChI is InChI=1S/C20H16ClN3O3S/c1-26-17-5-3-4-15(18(17)27-2)19-23-13(10-28-19)9-24-11-22-16-8-12(21)6-7-14(16)20(24)25/h3-8,10-11H,9H2,1-2H3. The van der Waals surface area contributed by atoms with Crippen molar-refractivity contribution in [2.75, 3.05) is 14.2 Å². The van der Waals surface area contributed by atoms with Gasteiger partial charge in [-0.1, -0.05) is 17.7 Å². The summed E-state index contributed by atoms with van der Waals surface area (Å²) in [5.41, 5.74) is 2.06. The van der Waals surface area contributed by atoms with Gasteiger partial charge in [0.25, 0.3) is 5.56 Å². The van der Waals surface area contributed by atoms with Gasteiger partial charge in [-0.2, -0.15) is 0 Å². The molecule has 2 aromatic carbocycles. The quantitative estimate of drug-likeness (QED) is 0.489. The Labute approximate surface area is 170 Å². The summed E-state index contributed by atoms with van der Waals surface area (Å²) in [7, 11) is 3.20. The van der Waals surface area contributed by atoms with E-state index >= 15 is 0 Å². The molecule has 4 rings (SSSR count). The summed E-state index contributed by atoms with van der Waals surface area (Å²) in [4.78, 5) is 21.7. The zero-order chi connectivity index (χ0) is 19.7. The number of benzene rings is 2. The Hall–Kier alpha value is -2.90. The largest absolute Gasteiger partial charge is 0.493 e. The van der Waals surface area contributed by atoms with Crippen LogP contribution in [-0.2, 0) is 6.54 Å². The van der Waals surface area contributed by atoms with Crippen molar-refractivity contribution in [3.8, 4) is 22.1 Å². The van der Waals surface area contributed by atoms with Crippen LogP contribution >= 0.6 is 22.9 Å². The SMILES string of the molecule is COc1cccc(-c2nc(Cn3cnc4cc(Cl)ccc4c3=O)cs2)c1OC. The number of fused-ring (bicyclic) bond motifs is 1. The minimum absolute atomic E-state index is 0.129. The summed E-state index contributed by atoms with van der Waals surface area (Å²) in [5.74, 6) is 1.28. The predicted molar refractivity (Wildman–Crippen MR) is 111 cm³/mol. The Kier molecular flexibility index (Phi) is 5.02. The molecule has 0 aliphatic heterocycles. The zero-order valence-corrected chi connectivity index (χ0v) is 16.8. The van der Waals surface area contributed by atoms with E-state index in [1.54, 1.807) is 32.4 Å². The van der Waals surface area contributed by atoms with Gasteiger partial charge >= 0.3 is 0 Å². The Morgan fingerprint density at radius 3 is 2.82 bits per heavy atom. The van der Waals surface area contributed by atoms with E-state index in [2.05, 4.69) is 9.97 Å². The third-order valence-electron chi connectivity index (χ3n) is 4.30. The van der Waals surface area contributed by atoms with Gasteiger partial charge in [0.2, 0.25) is 0 Å². The van der Waals surface area contributed by atoms with Gasteiger partial charge in [0, 0.05) is 10.4 Å². The van der Waals surface area contributed by atoms with E-state index < -0.39 is 0 Å². The molecule has 0 radical (unpaired) electrons. The van der Waals surface area contributed by atoms with Crippen LogP contribution in [0.2, 0.25) is 5.02 Å². The van der Waals surface area contributed by atoms with E-state index in [-0.39, 0.29) is 5.56 Å². The van der Waals surface area contributed by atoms with E-state index in [0.717, 1.165) is 16.3 Å². The highest BCUT2D eigenvalue weighted by atomic mass is 35.5. The maximum atomic E-state index is 12.7. The number of para-hydroxylation sites is 1. The molecule has 0 saturated carbocycles. The number of methoxy groups -OCH3 is 2. The van der Waals surface area contributed by atoms with E-state index in [9.17, 15) is 4.79 Å². The molecule has 0 aliphatic carbocycles. The van der Waals surface area contributed by atoms with Crippen molar-refractivity contribution in [2.24, 2.45) is 0 Å². The Morgan fingerprint density at radius 1 is 1.18 bits per heavy atom. The lowest BCUT2D eigenvalue weighted by molar-refractivity contribution is 0.356. The molecule has 6 nitrogen and oxygen atoms in total. The summed E-state index contributed by atoms with van der Waals surface area (Å²) in [5, 5.41) is 3.79. The fourth-order valence-electron chi connectivity index (χ4n) is 2.98. The summed E-state index contributed by atoms with van der Waals surface area (Å²) < 4.78 is 12.4. The van der Waals surface area contributed by atoms with Gasteiger partial charge in [-0.3, -0.25) is 9.36 Å². The first kappa shape index (κ1) is 18.5. The van der Waals surface area contributed by atoms with Gasteiger partial charge in [-0.05, 0) is 30.3 Å². The first-order chi connectivity index (χ1) is 13.6. The van der Waals surface area contributed by atoms with Crippen LogP contribution in [0.3, 0.4) is 0 Å². The molecule has 8 heteroatoms. The summed E-state index contributed by atoms with van der Waals surface area (Å²) >= 11 is 7.45. The van der Waals surface area contributed by atoms with Crippen LogP contribution in [0.25, 0.3) is 21.5 Å². The van der Waals surface area contributed by atoms with Gasteiger partial charge in [0.05, 0.1) is 49.3 Å². The van der Waals surface area contributed by atoms with Gasteiger partial charge < -0.3 is 9.47 Å². The van der Waals surface area contributed by atoms with Crippen molar-refractivity contribution < 1.29 is 9.47 Å². The Morgan fingerprint density at radius 2 is 2.04 bits per heavy atom. The normalized spacial score (nSPS) is 11.0. The lowest BCUT2D eigenvalue weighted by Crippen LogP contribution is -2.21. The molecule has 0 N–H and O–H groups in total. The third kappa shape index (κ3) is 3.34. The fourth-order valence-corrected chi connectivity index (χ4v) is 3.98. The van der Waals surface area contributed by atoms with Crippen LogP contribution in [0, 0.1) is 0 Å². The molecule has 0 aliphatic rings. The molecule has 0 saturated heterocycles. The average molecular weight is 414 g/mol. The van der Waals surface area contributed by atoms with Crippen molar-refractivity contribution in [1.82, 2.24) is 14.5 Å². The number of rotatable bonds is 5. The molecule has 0 spiro atoms.